The van der Waals surface area contributed by atoms with Crippen LogP contribution in [0.4, 0.5) is 0 Å². The predicted molar refractivity (Wildman–Crippen MR) is 35.2 cm³/mol. The molecule has 5 nitrogen and oxygen atoms in total. The van der Waals surface area contributed by atoms with Crippen molar-refractivity contribution in [3.05, 3.63) is 0 Å². The minimum atomic E-state index is 0.817. The Labute approximate surface area is 54.3 Å². The van der Waals surface area contributed by atoms with Crippen LogP contribution in [0.1, 0.15) is 0 Å². The molecule has 1 fully saturated rings. The summed E-state index contributed by atoms with van der Waals surface area (Å²) in [6.45, 7) is 0. The lowest BCUT2D eigenvalue weighted by Gasteiger charge is -2.15. The molecular formula is C4H11N5. The Kier molecular flexibility index (Phi) is 1.54. The molecule has 0 atom stereocenters. The first-order valence-corrected chi connectivity index (χ1v) is 2.71. The number of hydrazine groups is 3. The van der Waals surface area contributed by atoms with Gasteiger partial charge in [0, 0.05) is 21.1 Å². The van der Waals surface area contributed by atoms with Crippen molar-refractivity contribution in [1.82, 2.24) is 21.1 Å². The summed E-state index contributed by atoms with van der Waals surface area (Å²) in [4.78, 5) is 3.95. The summed E-state index contributed by atoms with van der Waals surface area (Å²) < 4.78 is 0. The fourth-order valence-electron chi connectivity index (χ4n) is 0.630. The second-order valence-electron chi connectivity index (χ2n) is 1.83. The van der Waals surface area contributed by atoms with Crippen LogP contribution >= 0.6 is 0 Å². The second kappa shape index (κ2) is 2.20. The predicted octanol–water partition coefficient (Wildman–Crippen LogP) is -1.23. The standard InChI is InChI=1S/C4H11N5/c1-5-4-6-7-9(3)8(4)2/h7H,1-3H3,(H,5,6). The molecule has 0 aliphatic carbocycles. The molecule has 1 saturated heterocycles. The molecule has 1 heterocycles. The number of hydrogen-bond acceptors (Lipinski definition) is 3. The van der Waals surface area contributed by atoms with Crippen LogP contribution in [0.3, 0.4) is 0 Å². The van der Waals surface area contributed by atoms with E-state index in [0.29, 0.717) is 0 Å². The zero-order chi connectivity index (χ0) is 6.85. The normalized spacial score (nSPS) is 25.2. The number of guanidine groups is 1. The van der Waals surface area contributed by atoms with Gasteiger partial charge >= 0.3 is 0 Å². The van der Waals surface area contributed by atoms with Crippen molar-refractivity contribution >= 4 is 5.96 Å². The molecule has 0 spiro atoms. The summed E-state index contributed by atoms with van der Waals surface area (Å²) in [6, 6.07) is 0. The van der Waals surface area contributed by atoms with Gasteiger partial charge in [-0.1, -0.05) is 0 Å². The quantitative estimate of drug-likeness (QED) is 0.430. The van der Waals surface area contributed by atoms with E-state index in [9.17, 15) is 0 Å². The van der Waals surface area contributed by atoms with Crippen LogP contribution in [-0.2, 0) is 0 Å². The maximum absolute atomic E-state index is 3.95. The fourth-order valence-corrected chi connectivity index (χ4v) is 0.630. The van der Waals surface area contributed by atoms with Crippen molar-refractivity contribution < 1.29 is 0 Å². The summed E-state index contributed by atoms with van der Waals surface area (Å²) in [6.07, 6.45) is 0. The van der Waals surface area contributed by atoms with Gasteiger partial charge in [0.15, 0.2) is 0 Å². The van der Waals surface area contributed by atoms with Crippen LogP contribution in [0, 0.1) is 0 Å². The topological polar surface area (TPSA) is 42.9 Å². The van der Waals surface area contributed by atoms with E-state index in [0.717, 1.165) is 5.96 Å². The highest BCUT2D eigenvalue weighted by Crippen LogP contribution is 1.91. The van der Waals surface area contributed by atoms with Crippen LogP contribution in [0.5, 0.6) is 0 Å². The first kappa shape index (κ1) is 6.31. The highest BCUT2D eigenvalue weighted by Gasteiger charge is 2.16. The minimum Gasteiger partial charge on any atom is -0.275 e. The molecule has 0 radical (unpaired) electrons. The van der Waals surface area contributed by atoms with E-state index in [1.807, 2.05) is 19.1 Å². The molecule has 52 valence electrons. The lowest BCUT2D eigenvalue weighted by atomic mass is 10.9. The molecule has 5 heteroatoms. The Hall–Kier alpha value is -0.810. The molecule has 0 unspecified atom stereocenters. The molecule has 0 aromatic rings. The Bertz CT molecular complexity index is 131. The largest absolute Gasteiger partial charge is 0.275 e. The monoisotopic (exact) mass is 129 g/mol. The molecule has 2 N–H and O–H groups in total. The van der Waals surface area contributed by atoms with E-state index < -0.39 is 0 Å². The van der Waals surface area contributed by atoms with E-state index in [4.69, 9.17) is 0 Å². The lowest BCUT2D eigenvalue weighted by Crippen LogP contribution is -2.37. The van der Waals surface area contributed by atoms with Crippen LogP contribution in [0.25, 0.3) is 0 Å². The summed E-state index contributed by atoms with van der Waals surface area (Å²) in [5.74, 6) is 0.817. The van der Waals surface area contributed by atoms with Crippen LogP contribution in [0.15, 0.2) is 4.99 Å². The van der Waals surface area contributed by atoms with Crippen LogP contribution < -0.4 is 11.0 Å². The van der Waals surface area contributed by atoms with Gasteiger partial charge in [-0.15, -0.1) is 10.7 Å². The average Bonchev–Trinajstić information content (AvgIpc) is 2.15. The van der Waals surface area contributed by atoms with E-state index in [2.05, 4.69) is 16.0 Å². The third-order valence-corrected chi connectivity index (χ3v) is 1.30. The van der Waals surface area contributed by atoms with Gasteiger partial charge < -0.3 is 0 Å². The van der Waals surface area contributed by atoms with Gasteiger partial charge in [0.2, 0.25) is 5.96 Å². The highest BCUT2D eigenvalue weighted by molar-refractivity contribution is 5.79. The zero-order valence-corrected chi connectivity index (χ0v) is 5.84. The van der Waals surface area contributed by atoms with Crippen LogP contribution in [0.2, 0.25) is 0 Å². The molecule has 0 aromatic carbocycles. The van der Waals surface area contributed by atoms with Gasteiger partial charge in [0.25, 0.3) is 0 Å². The first-order chi connectivity index (χ1) is 4.25. The molecule has 9 heavy (non-hydrogen) atoms. The molecule has 1 aliphatic rings. The Morgan fingerprint density at radius 3 is 2.33 bits per heavy atom. The third kappa shape index (κ3) is 0.962. The number of hydrogen-bond donors (Lipinski definition) is 2. The number of aliphatic imine (C=N–C) groups is 1. The fraction of sp³-hybridized carbons (Fsp3) is 0.750. The van der Waals surface area contributed by atoms with E-state index in [1.54, 1.807) is 12.2 Å². The zero-order valence-electron chi connectivity index (χ0n) is 5.84. The average molecular weight is 129 g/mol. The molecule has 1 rings (SSSR count). The van der Waals surface area contributed by atoms with E-state index in [-0.39, 0.29) is 0 Å². The summed E-state index contributed by atoms with van der Waals surface area (Å²) in [5, 5.41) is 3.66. The number of rotatable bonds is 0. The van der Waals surface area contributed by atoms with Crippen molar-refractivity contribution in [3.63, 3.8) is 0 Å². The molecular weight excluding hydrogens is 118 g/mol. The number of nitrogens with one attached hydrogen (secondary N) is 2. The van der Waals surface area contributed by atoms with Crippen molar-refractivity contribution in [2.24, 2.45) is 4.99 Å². The molecule has 0 aromatic heterocycles. The third-order valence-electron chi connectivity index (χ3n) is 1.30. The second-order valence-corrected chi connectivity index (χ2v) is 1.83. The minimum absolute atomic E-state index is 0.817. The van der Waals surface area contributed by atoms with Gasteiger partial charge in [0.1, 0.15) is 0 Å². The van der Waals surface area contributed by atoms with Gasteiger partial charge in [-0.2, -0.15) is 0 Å². The Morgan fingerprint density at radius 2 is 2.11 bits per heavy atom. The first-order valence-electron chi connectivity index (χ1n) is 2.71. The molecule has 1 aliphatic heterocycles. The van der Waals surface area contributed by atoms with Crippen molar-refractivity contribution in [1.29, 1.82) is 0 Å². The van der Waals surface area contributed by atoms with E-state index >= 15 is 0 Å². The van der Waals surface area contributed by atoms with Gasteiger partial charge in [-0.3, -0.25) is 15.4 Å². The van der Waals surface area contributed by atoms with Gasteiger partial charge in [0.05, 0.1) is 0 Å². The number of nitrogens with zero attached hydrogens (tertiary/aromatic N) is 3. The van der Waals surface area contributed by atoms with Gasteiger partial charge in [-0.25, -0.2) is 0 Å². The van der Waals surface area contributed by atoms with Gasteiger partial charge in [-0.05, 0) is 0 Å². The lowest BCUT2D eigenvalue weighted by molar-refractivity contribution is 0.0762. The highest BCUT2D eigenvalue weighted by atomic mass is 15.9. The summed E-state index contributed by atoms with van der Waals surface area (Å²) in [5.41, 5.74) is 5.71. The summed E-state index contributed by atoms with van der Waals surface area (Å²) in [7, 11) is 5.54. The smallest absolute Gasteiger partial charge is 0.225 e. The molecule has 0 saturated carbocycles. The van der Waals surface area contributed by atoms with Crippen molar-refractivity contribution in [2.45, 2.75) is 0 Å². The maximum Gasteiger partial charge on any atom is 0.225 e. The van der Waals surface area contributed by atoms with Crippen LogP contribution in [-0.4, -0.2) is 37.2 Å². The van der Waals surface area contributed by atoms with Crippen molar-refractivity contribution in [2.75, 3.05) is 21.1 Å². The molecule has 0 bridgehead atoms. The Morgan fingerprint density at radius 1 is 1.44 bits per heavy atom. The van der Waals surface area contributed by atoms with Crippen molar-refractivity contribution in [3.8, 4) is 0 Å². The molecule has 0 amide bonds. The Balaban J connectivity index is 2.62. The maximum atomic E-state index is 3.95. The van der Waals surface area contributed by atoms with E-state index in [1.165, 1.54) is 0 Å². The SMILES string of the molecule is CN=C1NNN(C)N1C. The summed E-state index contributed by atoms with van der Waals surface area (Å²) >= 11 is 0.